The molecule has 1 amide bonds. The normalized spacial score (nSPS) is 17.0. The first-order chi connectivity index (χ1) is 7.60. The van der Waals surface area contributed by atoms with Crippen molar-refractivity contribution < 1.29 is 4.79 Å². The number of hydrogen-bond acceptors (Lipinski definition) is 1. The van der Waals surface area contributed by atoms with Crippen molar-refractivity contribution in [3.8, 4) is 0 Å². The van der Waals surface area contributed by atoms with E-state index >= 15 is 0 Å². The molecule has 0 aromatic carbocycles. The molecule has 0 spiro atoms. The van der Waals surface area contributed by atoms with Gasteiger partial charge in [-0.25, -0.2) is 0 Å². The molecular weight excluding hydrogens is 198 g/mol. The minimum Gasteiger partial charge on any atom is -0.334 e. The molecule has 1 aliphatic rings. The van der Waals surface area contributed by atoms with Crippen LogP contribution in [0.15, 0.2) is 36.0 Å². The zero-order chi connectivity index (χ0) is 12.1. The van der Waals surface area contributed by atoms with Gasteiger partial charge in [-0.2, -0.15) is 0 Å². The Kier molecular flexibility index (Phi) is 4.53. The molecule has 0 aromatic rings. The predicted molar refractivity (Wildman–Crippen MR) is 68.1 cm³/mol. The van der Waals surface area contributed by atoms with E-state index < -0.39 is 0 Å². The molecular formula is C14H21NO. The lowest BCUT2D eigenvalue weighted by molar-refractivity contribution is -0.125. The number of carbonyl (C=O) groups excluding carboxylic acids is 1. The molecule has 0 saturated heterocycles. The molecule has 1 aliphatic heterocycles. The molecule has 1 rings (SSSR count). The van der Waals surface area contributed by atoms with E-state index in [0.29, 0.717) is 12.5 Å². The zero-order valence-corrected chi connectivity index (χ0v) is 10.5. The van der Waals surface area contributed by atoms with E-state index in [2.05, 4.69) is 20.4 Å². The first-order valence-electron chi connectivity index (χ1n) is 5.87. The number of rotatable bonds is 5. The lowest BCUT2D eigenvalue weighted by atomic mass is 10.1. The summed E-state index contributed by atoms with van der Waals surface area (Å²) in [5.74, 6) is 0.777. The maximum atomic E-state index is 12.0. The summed E-state index contributed by atoms with van der Waals surface area (Å²) in [7, 11) is 0. The summed E-state index contributed by atoms with van der Waals surface area (Å²) in [6.45, 7) is 11.6. The third kappa shape index (κ3) is 2.84. The van der Waals surface area contributed by atoms with Crippen LogP contribution in [0, 0.1) is 5.92 Å². The van der Waals surface area contributed by atoms with Crippen molar-refractivity contribution in [1.82, 2.24) is 4.90 Å². The molecule has 2 heteroatoms. The van der Waals surface area contributed by atoms with Crippen LogP contribution in [-0.2, 0) is 4.79 Å². The summed E-state index contributed by atoms with van der Waals surface area (Å²) >= 11 is 0. The average molecular weight is 219 g/mol. The van der Waals surface area contributed by atoms with Gasteiger partial charge >= 0.3 is 0 Å². The van der Waals surface area contributed by atoms with Crippen LogP contribution in [0.2, 0.25) is 0 Å². The van der Waals surface area contributed by atoms with Crippen molar-refractivity contribution in [2.45, 2.75) is 27.2 Å². The van der Waals surface area contributed by atoms with Gasteiger partial charge in [-0.1, -0.05) is 38.7 Å². The van der Waals surface area contributed by atoms with E-state index in [1.807, 2.05) is 24.0 Å². The molecule has 0 aliphatic carbocycles. The summed E-state index contributed by atoms with van der Waals surface area (Å²) in [5.41, 5.74) is 1.85. The van der Waals surface area contributed by atoms with Gasteiger partial charge in [-0.15, -0.1) is 0 Å². The smallest absolute Gasteiger partial charge is 0.254 e. The van der Waals surface area contributed by atoms with Crippen LogP contribution in [0.4, 0.5) is 0 Å². The van der Waals surface area contributed by atoms with Gasteiger partial charge in [0.1, 0.15) is 0 Å². The summed E-state index contributed by atoms with van der Waals surface area (Å²) in [6.07, 6.45) is 6.64. The van der Waals surface area contributed by atoms with Gasteiger partial charge < -0.3 is 4.90 Å². The topological polar surface area (TPSA) is 20.3 Å². The zero-order valence-electron chi connectivity index (χ0n) is 10.5. The first kappa shape index (κ1) is 12.8. The van der Waals surface area contributed by atoms with Crippen LogP contribution in [0.3, 0.4) is 0 Å². The molecule has 0 radical (unpaired) electrons. The van der Waals surface area contributed by atoms with Gasteiger partial charge in [0.25, 0.3) is 5.91 Å². The fourth-order valence-electron chi connectivity index (χ4n) is 1.78. The fourth-order valence-corrected chi connectivity index (χ4v) is 1.78. The second-order valence-corrected chi connectivity index (χ2v) is 4.55. The lowest BCUT2D eigenvalue weighted by Crippen LogP contribution is -2.28. The van der Waals surface area contributed by atoms with Crippen molar-refractivity contribution in [2.75, 3.05) is 13.1 Å². The van der Waals surface area contributed by atoms with Crippen molar-refractivity contribution in [3.05, 3.63) is 36.0 Å². The molecule has 0 aromatic heterocycles. The molecule has 0 fully saturated rings. The summed E-state index contributed by atoms with van der Waals surface area (Å²) in [5, 5.41) is 0. The van der Waals surface area contributed by atoms with E-state index in [-0.39, 0.29) is 5.91 Å². The van der Waals surface area contributed by atoms with E-state index in [1.54, 1.807) is 6.08 Å². The summed E-state index contributed by atoms with van der Waals surface area (Å²) in [6, 6.07) is 0. The summed E-state index contributed by atoms with van der Waals surface area (Å²) < 4.78 is 0. The first-order valence-corrected chi connectivity index (χ1v) is 5.87. The number of hydrogen-bond donors (Lipinski definition) is 0. The van der Waals surface area contributed by atoms with Gasteiger partial charge in [-0.3, -0.25) is 4.79 Å². The highest BCUT2D eigenvalue weighted by Crippen LogP contribution is 2.21. The largest absolute Gasteiger partial charge is 0.334 e. The van der Waals surface area contributed by atoms with E-state index in [4.69, 9.17) is 0 Å². The van der Waals surface area contributed by atoms with Gasteiger partial charge in [0.05, 0.1) is 0 Å². The number of nitrogens with zero attached hydrogens (tertiary/aromatic N) is 1. The molecule has 0 saturated carbocycles. The van der Waals surface area contributed by atoms with Gasteiger partial charge in [-0.05, 0) is 24.8 Å². The molecule has 0 N–H and O–H groups in total. The summed E-state index contributed by atoms with van der Waals surface area (Å²) in [4.78, 5) is 14.0. The van der Waals surface area contributed by atoms with Crippen molar-refractivity contribution in [1.29, 1.82) is 0 Å². The van der Waals surface area contributed by atoms with Crippen molar-refractivity contribution in [2.24, 2.45) is 5.92 Å². The van der Waals surface area contributed by atoms with Crippen LogP contribution >= 0.6 is 0 Å². The molecule has 1 heterocycles. The SMILES string of the molecule is C=CC1=C(/C=C\C)C(=O)N(CCC(C)C)C1. The van der Waals surface area contributed by atoms with E-state index in [1.165, 1.54) is 0 Å². The number of amides is 1. The fraction of sp³-hybridized carbons (Fsp3) is 0.500. The minimum absolute atomic E-state index is 0.147. The highest BCUT2D eigenvalue weighted by molar-refractivity contribution is 6.00. The Hall–Kier alpha value is -1.31. The molecule has 88 valence electrons. The third-order valence-electron chi connectivity index (χ3n) is 2.78. The Balaban J connectivity index is 2.71. The van der Waals surface area contributed by atoms with Crippen LogP contribution in [-0.4, -0.2) is 23.9 Å². The highest BCUT2D eigenvalue weighted by Gasteiger charge is 2.26. The van der Waals surface area contributed by atoms with Crippen LogP contribution in [0.25, 0.3) is 0 Å². The average Bonchev–Trinajstić information content (AvgIpc) is 2.54. The van der Waals surface area contributed by atoms with Crippen molar-refractivity contribution >= 4 is 5.91 Å². The highest BCUT2D eigenvalue weighted by atomic mass is 16.2. The Labute approximate surface area is 98.3 Å². The number of carbonyl (C=O) groups is 1. The Bertz CT molecular complexity index is 337. The third-order valence-corrected chi connectivity index (χ3v) is 2.78. The van der Waals surface area contributed by atoms with Gasteiger partial charge in [0, 0.05) is 18.7 Å². The maximum Gasteiger partial charge on any atom is 0.254 e. The molecule has 16 heavy (non-hydrogen) atoms. The van der Waals surface area contributed by atoms with Crippen LogP contribution < -0.4 is 0 Å². The monoisotopic (exact) mass is 219 g/mol. The number of allylic oxidation sites excluding steroid dienone is 1. The molecule has 2 nitrogen and oxygen atoms in total. The van der Waals surface area contributed by atoms with Crippen LogP contribution in [0.5, 0.6) is 0 Å². The maximum absolute atomic E-state index is 12.0. The second kappa shape index (κ2) is 5.69. The van der Waals surface area contributed by atoms with Crippen molar-refractivity contribution in [3.63, 3.8) is 0 Å². The Morgan fingerprint density at radius 1 is 1.50 bits per heavy atom. The molecule has 0 unspecified atom stereocenters. The lowest BCUT2D eigenvalue weighted by Gasteiger charge is -2.17. The Morgan fingerprint density at radius 2 is 2.19 bits per heavy atom. The van der Waals surface area contributed by atoms with Crippen LogP contribution in [0.1, 0.15) is 27.2 Å². The van der Waals surface area contributed by atoms with E-state index in [9.17, 15) is 4.79 Å². The minimum atomic E-state index is 0.147. The van der Waals surface area contributed by atoms with Gasteiger partial charge in [0.2, 0.25) is 0 Å². The van der Waals surface area contributed by atoms with E-state index in [0.717, 1.165) is 24.1 Å². The quantitative estimate of drug-likeness (QED) is 0.696. The second-order valence-electron chi connectivity index (χ2n) is 4.55. The van der Waals surface area contributed by atoms with Gasteiger partial charge in [0.15, 0.2) is 0 Å². The molecule has 0 bridgehead atoms. The predicted octanol–water partition coefficient (Wildman–Crippen LogP) is 2.93. The standard InChI is InChI=1S/C14H21NO/c1-5-7-13-12(6-2)10-15(14(13)16)9-8-11(3)4/h5-7,11H,2,8-10H2,1,3-4H3/b7-5-. The molecule has 0 atom stereocenters. The Morgan fingerprint density at radius 3 is 2.69 bits per heavy atom.